The maximum Gasteiger partial charge on any atom is 3.00 e. The maximum atomic E-state index is 0. The van der Waals surface area contributed by atoms with Gasteiger partial charge < -0.3 is 11.0 Å². The molecule has 0 N–H and O–H groups in total. The molecule has 0 bridgehead atoms. The van der Waals surface area contributed by atoms with E-state index in [1.165, 1.54) is 0 Å². The Kier molecular flexibility index (Phi) is 138. The fourth-order valence-electron chi connectivity index (χ4n) is 0. The molecule has 0 heterocycles. The van der Waals surface area contributed by atoms with Crippen molar-refractivity contribution in [3.8, 4) is 0 Å². The molecule has 0 rings (SSSR count). The Bertz CT molecular complexity index is 6.00. The first-order chi connectivity index (χ1) is 0. The Morgan fingerprint density at radius 1 is 0.750 bits per heavy atom. The van der Waals surface area contributed by atoms with E-state index in [2.05, 4.69) is 0 Å². The van der Waals surface area contributed by atoms with Gasteiger partial charge in [0.15, 0.2) is 0 Å². The van der Waals surface area contributed by atoms with Crippen LogP contribution in [0, 0.1) is 78.6 Å². The Hall–Kier alpha value is 2.53. The molecule has 0 aromatic heterocycles. The summed E-state index contributed by atoms with van der Waals surface area (Å²) >= 11 is 0. The van der Waals surface area contributed by atoms with Crippen LogP contribution in [0.25, 0.3) is 0 Å². The molecule has 2 nitrogen and oxygen atoms in total. The predicted molar refractivity (Wildman–Crippen MR) is 1.37 cm³/mol. The summed E-state index contributed by atoms with van der Waals surface area (Å²) in [5.74, 6) is 0. The minimum Gasteiger partial charge on any atom is -2.00 e. The van der Waals surface area contributed by atoms with Crippen LogP contribution in [0.1, 0.15) is 0 Å². The molecule has 0 aliphatic rings. The van der Waals surface area contributed by atoms with Gasteiger partial charge in [0.05, 0.1) is 0 Å². The molecule has 0 aliphatic heterocycles. The van der Waals surface area contributed by atoms with Crippen molar-refractivity contribution in [2.45, 2.75) is 0 Å². The molecule has 1 radical (unpaired) electrons. The van der Waals surface area contributed by atoms with Crippen LogP contribution in [0.3, 0.4) is 0 Å². The fraction of sp³-hybridized carbons (Fsp3) is 0. The van der Waals surface area contributed by atoms with Crippen molar-refractivity contribution in [1.82, 2.24) is 0 Å². The van der Waals surface area contributed by atoms with Crippen LogP contribution in [-0.2, 0) is 11.0 Å². The average Bonchev–Trinajstić information content (AvgIpc) is 0. The van der Waals surface area contributed by atoms with Gasteiger partial charge in [0.2, 0.25) is 0 Å². The van der Waals surface area contributed by atoms with Gasteiger partial charge >= 0.3 is 78.6 Å². The second-order valence-corrected chi connectivity index (χ2v) is 0. The van der Waals surface area contributed by atoms with Gasteiger partial charge in [-0.05, 0) is 0 Å². The third kappa shape index (κ3) is 8.82. The summed E-state index contributed by atoms with van der Waals surface area (Å²) in [5, 5.41) is 0. The molecule has 4 heavy (non-hydrogen) atoms. The minimum absolute atomic E-state index is 0. The van der Waals surface area contributed by atoms with E-state index < -0.39 is 0 Å². The SMILES string of the molecule is [Gd+3].[O-2].[O-2].[Tb+3]. The molecule has 0 aromatic carbocycles. The summed E-state index contributed by atoms with van der Waals surface area (Å²) in [5.41, 5.74) is 0. The van der Waals surface area contributed by atoms with E-state index in [0.29, 0.717) is 0 Å². The van der Waals surface area contributed by atoms with E-state index in [-0.39, 0.29) is 89.5 Å². The first-order valence-electron chi connectivity index (χ1n) is 0. The largest absolute Gasteiger partial charge is 3.00 e. The van der Waals surface area contributed by atoms with Gasteiger partial charge in [0.1, 0.15) is 0 Å². The standard InChI is InChI=1S/Gd.2O.Tb/q+3;2*-2;+3. The van der Waals surface area contributed by atoms with Crippen molar-refractivity contribution in [2.75, 3.05) is 0 Å². The van der Waals surface area contributed by atoms with Crippen molar-refractivity contribution in [1.29, 1.82) is 0 Å². The number of rotatable bonds is 0. The van der Waals surface area contributed by atoms with Crippen molar-refractivity contribution in [2.24, 2.45) is 0 Å². The zero-order valence-corrected chi connectivity index (χ0v) is 5.91. The first kappa shape index (κ1) is 31.2. The first-order valence-corrected chi connectivity index (χ1v) is 0. The zero-order chi connectivity index (χ0) is 0. The van der Waals surface area contributed by atoms with Crippen LogP contribution in [0.4, 0.5) is 0 Å². The summed E-state index contributed by atoms with van der Waals surface area (Å²) in [4.78, 5) is 0. The summed E-state index contributed by atoms with van der Waals surface area (Å²) in [6, 6.07) is 0. The topological polar surface area (TPSA) is 57.0 Å². The Morgan fingerprint density at radius 2 is 0.750 bits per heavy atom. The van der Waals surface area contributed by atoms with Crippen LogP contribution in [-0.4, -0.2) is 0 Å². The monoisotopic (exact) mass is 349 g/mol. The van der Waals surface area contributed by atoms with Gasteiger partial charge in [0.25, 0.3) is 0 Å². The average molecular weight is 348 g/mol. The van der Waals surface area contributed by atoms with Gasteiger partial charge in [-0.2, -0.15) is 0 Å². The summed E-state index contributed by atoms with van der Waals surface area (Å²) in [6.45, 7) is 0. The molecular weight excluding hydrogens is 348 g/mol. The molecule has 0 fully saturated rings. The number of hydrogen-bond acceptors (Lipinski definition) is 0. The zero-order valence-electron chi connectivity index (χ0n) is 1.50. The van der Waals surface area contributed by atoms with Crippen LogP contribution in [0.5, 0.6) is 0 Å². The minimum atomic E-state index is 0. The Balaban J connectivity index is 0. The van der Waals surface area contributed by atoms with Crippen molar-refractivity contribution in [3.05, 3.63) is 0 Å². The molecule has 27 valence electrons. The normalized spacial score (nSPS) is 0. The Labute approximate surface area is 87.5 Å². The van der Waals surface area contributed by atoms with Gasteiger partial charge in [0, 0.05) is 0 Å². The summed E-state index contributed by atoms with van der Waals surface area (Å²) < 4.78 is 0. The molecule has 0 aliphatic carbocycles. The fourth-order valence-corrected chi connectivity index (χ4v) is 0. The van der Waals surface area contributed by atoms with Gasteiger partial charge in [-0.3, -0.25) is 0 Å². The molecule has 0 saturated carbocycles. The van der Waals surface area contributed by atoms with E-state index in [0.717, 1.165) is 0 Å². The van der Waals surface area contributed by atoms with Crippen LogP contribution >= 0.6 is 0 Å². The third-order valence-electron chi connectivity index (χ3n) is 0. The predicted octanol–water partition coefficient (Wildman–Crippen LogP) is -0.238. The van der Waals surface area contributed by atoms with E-state index >= 15 is 0 Å². The van der Waals surface area contributed by atoms with Crippen LogP contribution in [0.2, 0.25) is 0 Å². The van der Waals surface area contributed by atoms with E-state index in [9.17, 15) is 0 Å². The van der Waals surface area contributed by atoms with Crippen molar-refractivity contribution >= 4 is 0 Å². The second-order valence-electron chi connectivity index (χ2n) is 0. The van der Waals surface area contributed by atoms with Crippen molar-refractivity contribution in [3.63, 3.8) is 0 Å². The summed E-state index contributed by atoms with van der Waals surface area (Å²) in [7, 11) is 0. The van der Waals surface area contributed by atoms with Crippen LogP contribution in [0.15, 0.2) is 0 Å². The second kappa shape index (κ2) is 17.7. The summed E-state index contributed by atoms with van der Waals surface area (Å²) in [6.07, 6.45) is 0. The van der Waals surface area contributed by atoms with E-state index in [1.807, 2.05) is 0 Å². The molecule has 0 amide bonds. The van der Waals surface area contributed by atoms with Gasteiger partial charge in [-0.1, -0.05) is 0 Å². The van der Waals surface area contributed by atoms with E-state index in [4.69, 9.17) is 0 Å². The third-order valence-corrected chi connectivity index (χ3v) is 0. The van der Waals surface area contributed by atoms with E-state index in [1.54, 1.807) is 0 Å². The molecule has 0 aromatic rings. The van der Waals surface area contributed by atoms with Gasteiger partial charge in [-0.15, -0.1) is 0 Å². The van der Waals surface area contributed by atoms with Crippen LogP contribution < -0.4 is 0 Å². The molecule has 0 spiro atoms. The van der Waals surface area contributed by atoms with Gasteiger partial charge in [-0.25, -0.2) is 0 Å². The molecular formula is GdO2Tb+2. The van der Waals surface area contributed by atoms with Crippen molar-refractivity contribution < 1.29 is 89.5 Å². The number of hydrogen-bond donors (Lipinski definition) is 0. The maximum absolute atomic E-state index is 0. The molecule has 0 atom stereocenters. The Morgan fingerprint density at radius 3 is 0.750 bits per heavy atom. The quantitative estimate of drug-likeness (QED) is 0.581. The molecule has 4 heteroatoms. The molecule has 0 saturated heterocycles. The smallest absolute Gasteiger partial charge is 2.00 e. The molecule has 0 unspecified atom stereocenters.